The molecule has 0 radical (unpaired) electrons. The number of benzene rings is 2. The van der Waals surface area contributed by atoms with E-state index in [1.165, 1.54) is 24.9 Å². The van der Waals surface area contributed by atoms with Crippen LogP contribution >= 0.6 is 0 Å². The van der Waals surface area contributed by atoms with Gasteiger partial charge in [0.15, 0.2) is 0 Å². The number of hydrogen-bond donors (Lipinski definition) is 0. The summed E-state index contributed by atoms with van der Waals surface area (Å²) in [6, 6.07) is 14.3. The molecular weight excluding hydrogens is 352 g/mol. The Balaban J connectivity index is 1.74. The Morgan fingerprint density at radius 2 is 1.86 bits per heavy atom. The van der Waals surface area contributed by atoms with Gasteiger partial charge in [-0.15, -0.1) is 0 Å². The number of anilines is 1. The van der Waals surface area contributed by atoms with Gasteiger partial charge in [0.25, 0.3) is 0 Å². The minimum atomic E-state index is -0.622. The van der Waals surface area contributed by atoms with Gasteiger partial charge < -0.3 is 14.4 Å². The Morgan fingerprint density at radius 3 is 2.61 bits per heavy atom. The average Bonchev–Trinajstić information content (AvgIpc) is 2.75. The summed E-state index contributed by atoms with van der Waals surface area (Å²) in [6.07, 6.45) is 5.38. The van der Waals surface area contributed by atoms with Gasteiger partial charge in [-0.25, -0.2) is 4.79 Å². The number of hydrogen-bond acceptors (Lipinski definition) is 5. The van der Waals surface area contributed by atoms with Crippen molar-refractivity contribution in [3.8, 4) is 6.07 Å². The molecule has 0 N–H and O–H groups in total. The van der Waals surface area contributed by atoms with E-state index in [9.17, 15) is 10.1 Å². The number of piperidine rings is 1. The number of ether oxygens (including phenoxy) is 2. The minimum absolute atomic E-state index is 0.0132. The molecule has 0 atom stereocenters. The number of nitrogens with zero attached hydrogens (tertiary/aromatic N) is 2. The van der Waals surface area contributed by atoms with E-state index in [1.807, 2.05) is 31.2 Å². The molecule has 0 bridgehead atoms. The summed E-state index contributed by atoms with van der Waals surface area (Å²) in [5, 5.41) is 11.5. The first-order chi connectivity index (χ1) is 13.7. The van der Waals surface area contributed by atoms with Crippen LogP contribution in [0.25, 0.3) is 16.8 Å². The molecule has 1 aliphatic heterocycles. The lowest BCUT2D eigenvalue weighted by Crippen LogP contribution is -2.29. The van der Waals surface area contributed by atoms with Gasteiger partial charge in [0, 0.05) is 25.4 Å². The standard InChI is InChI=1S/C23H26N2O3/c1-2-27-12-13-28-23(26)21(17-24)15-18-6-7-20-16-22(9-8-19(20)14-18)25-10-4-3-5-11-25/h6-9,14-16H,2-5,10-13H2,1H3/b21-15+. The molecule has 2 aromatic carbocycles. The largest absolute Gasteiger partial charge is 0.459 e. The topological polar surface area (TPSA) is 62.6 Å². The minimum Gasteiger partial charge on any atom is -0.459 e. The van der Waals surface area contributed by atoms with Crippen LogP contribution in [0.1, 0.15) is 31.7 Å². The normalized spacial score (nSPS) is 14.7. The van der Waals surface area contributed by atoms with Crippen LogP contribution in [-0.2, 0) is 14.3 Å². The van der Waals surface area contributed by atoms with Crippen LogP contribution in [0.2, 0.25) is 0 Å². The molecule has 1 fully saturated rings. The summed E-state index contributed by atoms with van der Waals surface area (Å²) in [5.74, 6) is -0.622. The summed E-state index contributed by atoms with van der Waals surface area (Å²) < 4.78 is 10.2. The lowest BCUT2D eigenvalue weighted by Gasteiger charge is -2.29. The Labute approximate surface area is 166 Å². The molecule has 1 saturated heterocycles. The van der Waals surface area contributed by atoms with Crippen LogP contribution in [0.3, 0.4) is 0 Å². The van der Waals surface area contributed by atoms with E-state index in [4.69, 9.17) is 9.47 Å². The Bertz CT molecular complexity index is 892. The number of nitriles is 1. The van der Waals surface area contributed by atoms with Crippen molar-refractivity contribution in [2.45, 2.75) is 26.2 Å². The van der Waals surface area contributed by atoms with Crippen LogP contribution in [0, 0.1) is 11.3 Å². The third-order valence-electron chi connectivity index (χ3n) is 4.89. The van der Waals surface area contributed by atoms with Gasteiger partial charge in [-0.3, -0.25) is 0 Å². The molecule has 0 spiro atoms. The lowest BCUT2D eigenvalue weighted by molar-refractivity contribution is -0.139. The lowest BCUT2D eigenvalue weighted by atomic mass is 10.0. The Kier molecular flexibility index (Phi) is 7.05. The predicted molar refractivity (Wildman–Crippen MR) is 111 cm³/mol. The molecule has 0 amide bonds. The van der Waals surface area contributed by atoms with Crippen LogP contribution < -0.4 is 4.90 Å². The second-order valence-electron chi connectivity index (χ2n) is 6.84. The second-order valence-corrected chi connectivity index (χ2v) is 6.84. The van der Waals surface area contributed by atoms with Crippen molar-refractivity contribution in [2.75, 3.05) is 37.8 Å². The molecule has 0 saturated carbocycles. The fourth-order valence-corrected chi connectivity index (χ4v) is 3.41. The van der Waals surface area contributed by atoms with Crippen LogP contribution in [-0.4, -0.2) is 38.9 Å². The van der Waals surface area contributed by atoms with Crippen molar-refractivity contribution in [3.63, 3.8) is 0 Å². The molecular formula is C23H26N2O3. The smallest absolute Gasteiger partial charge is 0.348 e. The summed E-state index contributed by atoms with van der Waals surface area (Å²) in [4.78, 5) is 14.5. The molecule has 3 rings (SSSR count). The molecule has 1 aliphatic rings. The number of carbonyl (C=O) groups excluding carboxylic acids is 1. The van der Waals surface area contributed by atoms with Gasteiger partial charge in [0.05, 0.1) is 6.61 Å². The Morgan fingerprint density at radius 1 is 1.11 bits per heavy atom. The van der Waals surface area contributed by atoms with Crippen molar-refractivity contribution >= 4 is 28.5 Å². The van der Waals surface area contributed by atoms with Crippen molar-refractivity contribution < 1.29 is 14.3 Å². The molecule has 2 aromatic rings. The molecule has 28 heavy (non-hydrogen) atoms. The van der Waals surface area contributed by atoms with Gasteiger partial charge in [-0.05, 0) is 66.8 Å². The van der Waals surface area contributed by atoms with E-state index in [-0.39, 0.29) is 12.2 Å². The van der Waals surface area contributed by atoms with Crippen molar-refractivity contribution in [2.24, 2.45) is 0 Å². The van der Waals surface area contributed by atoms with Crippen LogP contribution in [0.15, 0.2) is 42.0 Å². The van der Waals surface area contributed by atoms with E-state index in [1.54, 1.807) is 6.08 Å². The number of rotatable bonds is 7. The van der Waals surface area contributed by atoms with Gasteiger partial charge in [-0.1, -0.05) is 18.2 Å². The molecule has 5 nitrogen and oxygen atoms in total. The van der Waals surface area contributed by atoms with Crippen molar-refractivity contribution in [1.29, 1.82) is 5.26 Å². The highest BCUT2D eigenvalue weighted by Crippen LogP contribution is 2.26. The fourth-order valence-electron chi connectivity index (χ4n) is 3.41. The summed E-state index contributed by atoms with van der Waals surface area (Å²) in [7, 11) is 0. The van der Waals surface area contributed by atoms with Crippen LogP contribution in [0.5, 0.6) is 0 Å². The van der Waals surface area contributed by atoms with E-state index in [0.717, 1.165) is 29.4 Å². The molecule has 5 heteroatoms. The van der Waals surface area contributed by atoms with Gasteiger partial charge in [0.2, 0.25) is 0 Å². The van der Waals surface area contributed by atoms with E-state index in [0.29, 0.717) is 13.2 Å². The number of fused-ring (bicyclic) bond motifs is 1. The molecule has 0 aromatic heterocycles. The third kappa shape index (κ3) is 5.11. The fraction of sp³-hybridized carbons (Fsp3) is 0.391. The summed E-state index contributed by atoms with van der Waals surface area (Å²) in [5.41, 5.74) is 2.04. The van der Waals surface area contributed by atoms with E-state index in [2.05, 4.69) is 23.1 Å². The van der Waals surface area contributed by atoms with Gasteiger partial charge in [-0.2, -0.15) is 5.26 Å². The summed E-state index contributed by atoms with van der Waals surface area (Å²) >= 11 is 0. The zero-order chi connectivity index (χ0) is 19.8. The zero-order valence-corrected chi connectivity index (χ0v) is 16.3. The first kappa shape index (κ1) is 19.9. The zero-order valence-electron chi connectivity index (χ0n) is 16.3. The van der Waals surface area contributed by atoms with E-state index >= 15 is 0 Å². The van der Waals surface area contributed by atoms with Gasteiger partial charge >= 0.3 is 5.97 Å². The van der Waals surface area contributed by atoms with Crippen molar-refractivity contribution in [3.05, 3.63) is 47.5 Å². The van der Waals surface area contributed by atoms with Crippen LogP contribution in [0.4, 0.5) is 5.69 Å². The highest BCUT2D eigenvalue weighted by Gasteiger charge is 2.12. The highest BCUT2D eigenvalue weighted by molar-refractivity contribution is 5.98. The number of carbonyl (C=O) groups is 1. The first-order valence-corrected chi connectivity index (χ1v) is 9.86. The predicted octanol–water partition coefficient (Wildman–Crippen LogP) is 4.32. The second kappa shape index (κ2) is 9.91. The first-order valence-electron chi connectivity index (χ1n) is 9.86. The Hall–Kier alpha value is -2.84. The quantitative estimate of drug-likeness (QED) is 0.311. The third-order valence-corrected chi connectivity index (χ3v) is 4.89. The highest BCUT2D eigenvalue weighted by atomic mass is 16.6. The van der Waals surface area contributed by atoms with Crippen molar-refractivity contribution in [1.82, 2.24) is 0 Å². The maximum Gasteiger partial charge on any atom is 0.348 e. The monoisotopic (exact) mass is 378 g/mol. The molecule has 1 heterocycles. The molecule has 0 aliphatic carbocycles. The maximum absolute atomic E-state index is 12.1. The van der Waals surface area contributed by atoms with E-state index < -0.39 is 5.97 Å². The molecule has 146 valence electrons. The SMILES string of the molecule is CCOCCOC(=O)/C(C#N)=C/c1ccc2cc(N3CCCCC3)ccc2c1. The number of esters is 1. The average molecular weight is 378 g/mol. The summed E-state index contributed by atoms with van der Waals surface area (Å²) in [6.45, 7) is 5.14. The molecule has 0 unspecified atom stereocenters. The maximum atomic E-state index is 12.1. The van der Waals surface area contributed by atoms with Gasteiger partial charge in [0.1, 0.15) is 18.2 Å².